The van der Waals surface area contributed by atoms with Crippen molar-refractivity contribution >= 4 is 34.9 Å². The number of hydrogen-bond acceptors (Lipinski definition) is 7. The summed E-state index contributed by atoms with van der Waals surface area (Å²) in [5, 5.41) is 3.82. The summed E-state index contributed by atoms with van der Waals surface area (Å²) in [4.78, 5) is 37.8. The number of nitrogens with one attached hydrogen (secondary N) is 2. The standard InChI is InChI=1S/C32H32ClN5O4/c1-37(2)14-5-8-27(39)38-21(16-20-17-26(20)38)10-9-19-18-34-13-11-22(19)29-30(28-24(35-29)12-15-42-32(28)40)36-25-7-4-6-23(33)31(25)41-3/h4-8,11,13,18,20-21,26,35-36H,12,14-17H2,1-3H3/b8-5+/t20-,21-,26+/m0/s1. The molecule has 2 aliphatic heterocycles. The molecule has 1 saturated heterocycles. The SMILES string of the molecule is COc1c(Cl)cccc1Nc1c(-c2ccncc2C#C[C@H]2C[C@H]3C[C@H]3N2C(=O)/C=C/CN(C)C)[nH]c2c1C(=O)OCC2. The number of pyridine rings is 1. The maximum Gasteiger partial charge on any atom is 0.342 e. The number of rotatable bonds is 7. The number of likely N-dealkylation sites (N-methyl/N-ethyl adjacent to an activating group) is 1. The average molecular weight is 586 g/mol. The zero-order chi connectivity index (χ0) is 29.4. The van der Waals surface area contributed by atoms with Crippen molar-refractivity contribution in [1.82, 2.24) is 19.8 Å². The number of hydrogen-bond donors (Lipinski definition) is 2. The number of H-pyrrole nitrogens is 1. The molecule has 3 aliphatic rings. The normalized spacial score (nSPS) is 20.5. The Hall–Kier alpha value is -4.26. The number of amides is 1. The highest BCUT2D eigenvalue weighted by Crippen LogP contribution is 2.48. The Kier molecular flexibility index (Phi) is 7.67. The van der Waals surface area contributed by atoms with Crippen molar-refractivity contribution in [1.29, 1.82) is 0 Å². The van der Waals surface area contributed by atoms with E-state index in [1.54, 1.807) is 31.6 Å². The van der Waals surface area contributed by atoms with E-state index in [4.69, 9.17) is 21.1 Å². The summed E-state index contributed by atoms with van der Waals surface area (Å²) in [6.07, 6.45) is 9.41. The number of benzene rings is 1. The van der Waals surface area contributed by atoms with E-state index in [0.29, 0.717) is 64.5 Å². The molecule has 2 fully saturated rings. The number of fused-ring (bicyclic) bond motifs is 2. The van der Waals surface area contributed by atoms with Crippen LogP contribution < -0.4 is 10.1 Å². The van der Waals surface area contributed by atoms with Crippen LogP contribution in [0, 0.1) is 17.8 Å². The molecule has 6 rings (SSSR count). The molecule has 4 heterocycles. The van der Waals surface area contributed by atoms with Gasteiger partial charge in [-0.2, -0.15) is 0 Å². The predicted octanol–water partition coefficient (Wildman–Crippen LogP) is 4.65. The van der Waals surface area contributed by atoms with E-state index in [1.165, 1.54) is 0 Å². The van der Waals surface area contributed by atoms with E-state index in [1.807, 2.05) is 48.2 Å². The summed E-state index contributed by atoms with van der Waals surface area (Å²) < 4.78 is 11.0. The van der Waals surface area contributed by atoms with Crippen molar-refractivity contribution in [3.8, 4) is 28.8 Å². The highest BCUT2D eigenvalue weighted by Gasteiger charge is 2.53. The van der Waals surface area contributed by atoms with Gasteiger partial charge in [0.1, 0.15) is 5.56 Å². The molecule has 0 spiro atoms. The fourth-order valence-electron chi connectivity index (χ4n) is 5.79. The van der Waals surface area contributed by atoms with Crippen LogP contribution in [0.15, 0.2) is 48.8 Å². The van der Waals surface area contributed by atoms with Crippen molar-refractivity contribution in [2.24, 2.45) is 5.92 Å². The Bertz CT molecular complexity index is 1640. The minimum absolute atomic E-state index is 0.00470. The first kappa shape index (κ1) is 27.9. The van der Waals surface area contributed by atoms with Crippen LogP contribution in [0.25, 0.3) is 11.3 Å². The van der Waals surface area contributed by atoms with E-state index in [2.05, 4.69) is 27.1 Å². The first-order chi connectivity index (χ1) is 20.4. The zero-order valence-corrected chi connectivity index (χ0v) is 24.5. The van der Waals surface area contributed by atoms with Crippen molar-refractivity contribution in [2.45, 2.75) is 31.3 Å². The molecule has 1 aliphatic carbocycles. The molecular weight excluding hydrogens is 554 g/mol. The fraction of sp³-hybridized carbons (Fsp3) is 0.344. The molecule has 0 unspecified atom stereocenters. The number of cyclic esters (lactones) is 1. The van der Waals surface area contributed by atoms with E-state index in [9.17, 15) is 9.59 Å². The van der Waals surface area contributed by atoms with E-state index in [-0.39, 0.29) is 18.0 Å². The number of aromatic nitrogens is 2. The summed E-state index contributed by atoms with van der Waals surface area (Å²) in [6.45, 7) is 1.000. The lowest BCUT2D eigenvalue weighted by atomic mass is 10.0. The fourth-order valence-corrected chi connectivity index (χ4v) is 6.04. The summed E-state index contributed by atoms with van der Waals surface area (Å²) in [5.74, 6) is 7.25. The van der Waals surface area contributed by atoms with Gasteiger partial charge in [0, 0.05) is 48.7 Å². The van der Waals surface area contributed by atoms with Crippen LogP contribution >= 0.6 is 11.6 Å². The molecule has 10 heteroatoms. The van der Waals surface area contributed by atoms with Gasteiger partial charge in [-0.3, -0.25) is 9.78 Å². The van der Waals surface area contributed by atoms with Crippen molar-refractivity contribution in [2.75, 3.05) is 39.7 Å². The molecule has 3 atom stereocenters. The van der Waals surface area contributed by atoms with Gasteiger partial charge in [-0.15, -0.1) is 0 Å². The first-order valence-corrected chi connectivity index (χ1v) is 14.3. The second kappa shape index (κ2) is 11.6. The smallest absolute Gasteiger partial charge is 0.342 e. The topological polar surface area (TPSA) is 99.8 Å². The third-order valence-electron chi connectivity index (χ3n) is 7.85. The number of anilines is 2. The minimum Gasteiger partial charge on any atom is -0.493 e. The van der Waals surface area contributed by atoms with Crippen molar-refractivity contribution < 1.29 is 19.1 Å². The lowest BCUT2D eigenvalue weighted by molar-refractivity contribution is -0.126. The van der Waals surface area contributed by atoms with Gasteiger partial charge in [0.2, 0.25) is 5.91 Å². The number of carbonyl (C=O) groups excluding carboxylic acids is 2. The van der Waals surface area contributed by atoms with Crippen molar-refractivity contribution in [3.63, 3.8) is 0 Å². The van der Waals surface area contributed by atoms with Gasteiger partial charge >= 0.3 is 5.97 Å². The van der Waals surface area contributed by atoms with Crippen LogP contribution in [0.2, 0.25) is 5.02 Å². The van der Waals surface area contributed by atoms with Crippen LogP contribution in [0.3, 0.4) is 0 Å². The average Bonchev–Trinajstić information content (AvgIpc) is 3.47. The molecule has 0 bridgehead atoms. The number of para-hydroxylation sites is 1. The van der Waals surface area contributed by atoms with E-state index in [0.717, 1.165) is 24.1 Å². The molecule has 1 aromatic carbocycles. The molecular formula is C32H32ClN5O4. The van der Waals surface area contributed by atoms with Crippen LogP contribution in [0.5, 0.6) is 5.75 Å². The second-order valence-electron chi connectivity index (χ2n) is 11.0. The molecule has 216 valence electrons. The van der Waals surface area contributed by atoms with Crippen molar-refractivity contribution in [3.05, 3.63) is 70.7 Å². The van der Waals surface area contributed by atoms with Crippen LogP contribution in [-0.4, -0.2) is 78.1 Å². The number of aromatic amines is 1. The number of methoxy groups -OCH3 is 1. The number of piperidine rings is 1. The third kappa shape index (κ3) is 5.36. The molecule has 9 nitrogen and oxygen atoms in total. The number of halogens is 1. The molecule has 2 aromatic heterocycles. The van der Waals surface area contributed by atoms with Crippen LogP contribution in [0.1, 0.15) is 34.5 Å². The van der Waals surface area contributed by atoms with Crippen LogP contribution in [0.4, 0.5) is 11.4 Å². The zero-order valence-electron chi connectivity index (χ0n) is 23.7. The summed E-state index contributed by atoms with van der Waals surface area (Å²) in [6, 6.07) is 7.34. The first-order valence-electron chi connectivity index (χ1n) is 14.0. The number of nitrogens with zero attached hydrogens (tertiary/aromatic N) is 3. The second-order valence-corrected chi connectivity index (χ2v) is 11.4. The van der Waals surface area contributed by atoms with Gasteiger partial charge in [0.05, 0.1) is 47.4 Å². The lowest BCUT2D eigenvalue weighted by Crippen LogP contribution is -2.36. The highest BCUT2D eigenvalue weighted by atomic mass is 35.5. The highest BCUT2D eigenvalue weighted by molar-refractivity contribution is 6.32. The number of likely N-dealkylation sites (tertiary alicyclic amines) is 1. The van der Waals surface area contributed by atoms with Gasteiger partial charge in [-0.25, -0.2) is 4.79 Å². The van der Waals surface area contributed by atoms with Gasteiger partial charge in [-0.05, 0) is 51.1 Å². The molecule has 2 N–H and O–H groups in total. The van der Waals surface area contributed by atoms with Gasteiger partial charge < -0.3 is 29.6 Å². The molecule has 42 heavy (non-hydrogen) atoms. The maximum absolute atomic E-state index is 13.1. The quantitative estimate of drug-likeness (QED) is 0.236. The predicted molar refractivity (Wildman–Crippen MR) is 161 cm³/mol. The van der Waals surface area contributed by atoms with E-state index < -0.39 is 5.97 Å². The lowest BCUT2D eigenvalue weighted by Gasteiger charge is -2.22. The van der Waals surface area contributed by atoms with Gasteiger partial charge in [0.15, 0.2) is 5.75 Å². The van der Waals surface area contributed by atoms with Gasteiger partial charge in [0.25, 0.3) is 0 Å². The monoisotopic (exact) mass is 585 g/mol. The largest absolute Gasteiger partial charge is 0.493 e. The molecule has 3 aromatic rings. The van der Waals surface area contributed by atoms with Gasteiger partial charge in [-0.1, -0.05) is 35.6 Å². The summed E-state index contributed by atoms with van der Waals surface area (Å²) in [7, 11) is 5.48. The number of esters is 1. The molecule has 0 radical (unpaired) electrons. The van der Waals surface area contributed by atoms with Crippen LogP contribution in [-0.2, 0) is 16.0 Å². The maximum atomic E-state index is 13.1. The van der Waals surface area contributed by atoms with E-state index >= 15 is 0 Å². The Labute approximate surface area is 249 Å². The molecule has 1 amide bonds. The Morgan fingerprint density at radius 2 is 2.19 bits per heavy atom. The minimum atomic E-state index is -0.411. The Balaban J connectivity index is 1.37. The summed E-state index contributed by atoms with van der Waals surface area (Å²) in [5.41, 5.74) is 4.51. The number of carbonyl (C=O) groups is 2. The molecule has 1 saturated carbocycles. The summed E-state index contributed by atoms with van der Waals surface area (Å²) >= 11 is 6.39. The Morgan fingerprint density at radius 1 is 1.33 bits per heavy atom. The third-order valence-corrected chi connectivity index (χ3v) is 8.15. The number of ether oxygens (including phenoxy) is 2. The Morgan fingerprint density at radius 3 is 3.00 bits per heavy atom.